The minimum absolute atomic E-state index is 0.584. The van der Waals surface area contributed by atoms with E-state index in [0.717, 1.165) is 30.8 Å². The standard InChI is InChI=1S/C12H13Br3N2S/c1-6(2)10-5-16-12(18-10)17-11-8(14)3-7(13)4-9(11)15/h3-4,6,10H,5H2,1-2H3,(H,16,17). The van der Waals surface area contributed by atoms with Gasteiger partial charge in [-0.25, -0.2) is 0 Å². The molecule has 1 atom stereocenters. The molecule has 0 saturated carbocycles. The summed E-state index contributed by atoms with van der Waals surface area (Å²) in [5, 5.41) is 4.97. The van der Waals surface area contributed by atoms with Crippen LogP contribution in [0.15, 0.2) is 30.5 Å². The Balaban J connectivity index is 2.12. The van der Waals surface area contributed by atoms with Crippen LogP contribution in [0.3, 0.4) is 0 Å². The quantitative estimate of drug-likeness (QED) is 0.634. The summed E-state index contributed by atoms with van der Waals surface area (Å²) in [4.78, 5) is 4.55. The molecule has 1 aromatic rings. The Morgan fingerprint density at radius 2 is 1.89 bits per heavy atom. The van der Waals surface area contributed by atoms with Gasteiger partial charge in [-0.3, -0.25) is 4.99 Å². The maximum Gasteiger partial charge on any atom is 0.161 e. The molecule has 0 amide bonds. The molecule has 98 valence electrons. The van der Waals surface area contributed by atoms with Gasteiger partial charge in [-0.1, -0.05) is 41.5 Å². The third-order valence-electron chi connectivity index (χ3n) is 2.66. The third-order valence-corrected chi connectivity index (χ3v) is 5.82. The first-order chi connectivity index (χ1) is 8.47. The Bertz CT molecular complexity index is 465. The molecule has 0 aliphatic carbocycles. The lowest BCUT2D eigenvalue weighted by Gasteiger charge is -2.14. The molecule has 0 fully saturated rings. The number of aliphatic imine (C=N–C) groups is 1. The average Bonchev–Trinajstić information content (AvgIpc) is 2.71. The van der Waals surface area contributed by atoms with Crippen molar-refractivity contribution in [3.05, 3.63) is 25.6 Å². The molecule has 0 bridgehead atoms. The summed E-state index contributed by atoms with van der Waals surface area (Å²) in [5.74, 6) is 0.648. The lowest BCUT2D eigenvalue weighted by molar-refractivity contribution is 0.621. The van der Waals surface area contributed by atoms with Crippen LogP contribution in [0.5, 0.6) is 0 Å². The molecule has 1 aliphatic rings. The highest BCUT2D eigenvalue weighted by atomic mass is 79.9. The molecule has 1 unspecified atom stereocenters. The summed E-state index contributed by atoms with van der Waals surface area (Å²) < 4.78 is 3.06. The summed E-state index contributed by atoms with van der Waals surface area (Å²) in [6, 6.07) is 4.04. The topological polar surface area (TPSA) is 24.4 Å². The van der Waals surface area contributed by atoms with Gasteiger partial charge in [0, 0.05) is 18.7 Å². The van der Waals surface area contributed by atoms with Crippen molar-refractivity contribution in [1.29, 1.82) is 0 Å². The number of anilines is 1. The zero-order valence-corrected chi connectivity index (χ0v) is 15.6. The van der Waals surface area contributed by atoms with Crippen LogP contribution >= 0.6 is 59.6 Å². The van der Waals surface area contributed by atoms with E-state index in [4.69, 9.17) is 0 Å². The zero-order chi connectivity index (χ0) is 13.3. The molecule has 6 heteroatoms. The molecule has 2 nitrogen and oxygen atoms in total. The van der Waals surface area contributed by atoms with E-state index < -0.39 is 0 Å². The van der Waals surface area contributed by atoms with Crippen LogP contribution in [-0.2, 0) is 0 Å². The van der Waals surface area contributed by atoms with E-state index in [-0.39, 0.29) is 0 Å². The average molecular weight is 457 g/mol. The molecule has 18 heavy (non-hydrogen) atoms. The summed E-state index contributed by atoms with van der Waals surface area (Å²) in [7, 11) is 0. The fourth-order valence-corrected chi connectivity index (χ4v) is 5.05. The normalized spacial score (nSPS) is 19.2. The predicted octanol–water partition coefficient (Wildman–Crippen LogP) is 5.51. The summed E-state index contributed by atoms with van der Waals surface area (Å²) in [6.07, 6.45) is 0. The third kappa shape index (κ3) is 3.52. The molecule has 0 saturated heterocycles. The van der Waals surface area contributed by atoms with Crippen LogP contribution < -0.4 is 5.32 Å². The molecule has 1 aromatic carbocycles. The van der Waals surface area contributed by atoms with E-state index in [0.29, 0.717) is 11.2 Å². The Kier molecular flexibility index (Phi) is 5.20. The van der Waals surface area contributed by atoms with Gasteiger partial charge in [0.05, 0.1) is 12.2 Å². The van der Waals surface area contributed by atoms with E-state index in [1.165, 1.54) is 0 Å². The highest BCUT2D eigenvalue weighted by Gasteiger charge is 2.23. The van der Waals surface area contributed by atoms with E-state index in [9.17, 15) is 0 Å². The number of amidine groups is 1. The van der Waals surface area contributed by atoms with Crippen LogP contribution in [0, 0.1) is 5.92 Å². The van der Waals surface area contributed by atoms with Crippen LogP contribution in [0.2, 0.25) is 0 Å². The van der Waals surface area contributed by atoms with Gasteiger partial charge in [-0.05, 0) is 49.9 Å². The first kappa shape index (κ1) is 14.9. The Morgan fingerprint density at radius 1 is 1.28 bits per heavy atom. The van der Waals surface area contributed by atoms with Gasteiger partial charge in [0.2, 0.25) is 0 Å². The second kappa shape index (κ2) is 6.29. The van der Waals surface area contributed by atoms with Crippen molar-refractivity contribution in [2.24, 2.45) is 10.9 Å². The molecule has 2 rings (SSSR count). The molecular weight excluding hydrogens is 444 g/mol. The van der Waals surface area contributed by atoms with Crippen LogP contribution in [0.1, 0.15) is 13.8 Å². The van der Waals surface area contributed by atoms with Crippen molar-refractivity contribution in [2.75, 3.05) is 11.9 Å². The monoisotopic (exact) mass is 454 g/mol. The second-order valence-electron chi connectivity index (χ2n) is 4.42. The number of hydrogen-bond acceptors (Lipinski definition) is 3. The highest BCUT2D eigenvalue weighted by molar-refractivity contribution is 9.11. The first-order valence-corrected chi connectivity index (χ1v) is 8.86. The van der Waals surface area contributed by atoms with Gasteiger partial charge in [0.1, 0.15) is 0 Å². The van der Waals surface area contributed by atoms with Crippen molar-refractivity contribution in [3.8, 4) is 0 Å². The number of nitrogens with zero attached hydrogens (tertiary/aromatic N) is 1. The Labute approximate surface area is 137 Å². The van der Waals surface area contributed by atoms with Crippen LogP contribution in [0.25, 0.3) is 0 Å². The van der Waals surface area contributed by atoms with Crippen molar-refractivity contribution in [1.82, 2.24) is 0 Å². The Morgan fingerprint density at radius 3 is 2.39 bits per heavy atom. The number of rotatable bonds is 2. The van der Waals surface area contributed by atoms with Gasteiger partial charge in [-0.15, -0.1) is 0 Å². The molecule has 0 spiro atoms. The first-order valence-electron chi connectivity index (χ1n) is 5.60. The summed E-state index contributed by atoms with van der Waals surface area (Å²) in [6.45, 7) is 5.37. The molecule has 1 heterocycles. The van der Waals surface area contributed by atoms with Crippen molar-refractivity contribution >= 4 is 70.4 Å². The van der Waals surface area contributed by atoms with E-state index in [1.54, 1.807) is 0 Å². The largest absolute Gasteiger partial charge is 0.333 e. The number of nitrogens with one attached hydrogen (secondary N) is 1. The van der Waals surface area contributed by atoms with Crippen LogP contribution in [0.4, 0.5) is 5.69 Å². The number of hydrogen-bond donors (Lipinski definition) is 1. The SMILES string of the molecule is CC(C)C1CN=C(Nc2c(Br)cc(Br)cc2Br)S1. The second-order valence-corrected chi connectivity index (χ2v) is 8.27. The Hall–Kier alpha value is 0.480. The van der Waals surface area contributed by atoms with Gasteiger partial charge >= 0.3 is 0 Å². The zero-order valence-electron chi connectivity index (χ0n) is 10.0. The summed E-state index contributed by atoms with van der Waals surface area (Å²) in [5.41, 5.74) is 1.02. The van der Waals surface area contributed by atoms with E-state index in [2.05, 4.69) is 71.9 Å². The van der Waals surface area contributed by atoms with Crippen LogP contribution in [-0.4, -0.2) is 17.0 Å². The fraction of sp³-hybridized carbons (Fsp3) is 0.417. The predicted molar refractivity (Wildman–Crippen MR) is 91.7 cm³/mol. The minimum atomic E-state index is 0.584. The van der Waals surface area contributed by atoms with Crippen molar-refractivity contribution in [3.63, 3.8) is 0 Å². The number of halogens is 3. The van der Waals surface area contributed by atoms with E-state index >= 15 is 0 Å². The van der Waals surface area contributed by atoms with Gasteiger partial charge in [0.25, 0.3) is 0 Å². The van der Waals surface area contributed by atoms with Crippen molar-refractivity contribution in [2.45, 2.75) is 19.1 Å². The summed E-state index contributed by atoms with van der Waals surface area (Å²) >= 11 is 12.4. The lowest BCUT2D eigenvalue weighted by atomic mass is 10.1. The maximum absolute atomic E-state index is 4.55. The fourth-order valence-electron chi connectivity index (χ4n) is 1.58. The van der Waals surface area contributed by atoms with Crippen molar-refractivity contribution < 1.29 is 0 Å². The molecule has 0 aromatic heterocycles. The lowest BCUT2D eigenvalue weighted by Crippen LogP contribution is -2.13. The molecule has 0 radical (unpaired) electrons. The number of benzene rings is 1. The van der Waals surface area contributed by atoms with E-state index in [1.807, 2.05) is 23.9 Å². The van der Waals surface area contributed by atoms with Gasteiger partial charge in [-0.2, -0.15) is 0 Å². The van der Waals surface area contributed by atoms with Gasteiger partial charge < -0.3 is 5.32 Å². The highest BCUT2D eigenvalue weighted by Crippen LogP contribution is 2.36. The molecule has 1 aliphatic heterocycles. The molecular formula is C12H13Br3N2S. The number of thioether (sulfide) groups is 1. The smallest absolute Gasteiger partial charge is 0.161 e. The molecule has 1 N–H and O–H groups in total. The minimum Gasteiger partial charge on any atom is -0.333 e. The van der Waals surface area contributed by atoms with Gasteiger partial charge in [0.15, 0.2) is 5.17 Å². The maximum atomic E-state index is 4.55.